The molecular weight excluding hydrogens is 254 g/mol. The molecule has 1 heterocycles. The lowest BCUT2D eigenvalue weighted by atomic mass is 10.2. The summed E-state index contributed by atoms with van der Waals surface area (Å²) >= 11 is 0. The predicted molar refractivity (Wildman–Crippen MR) is 70.9 cm³/mol. The van der Waals surface area contributed by atoms with Crippen molar-refractivity contribution in [1.82, 2.24) is 10.0 Å². The van der Waals surface area contributed by atoms with Gasteiger partial charge in [-0.3, -0.25) is 9.79 Å². The van der Waals surface area contributed by atoms with E-state index in [0.29, 0.717) is 17.8 Å². The molecule has 0 bridgehead atoms. The van der Waals surface area contributed by atoms with Gasteiger partial charge in [-0.1, -0.05) is 6.92 Å². The average molecular weight is 273 g/mol. The zero-order valence-electron chi connectivity index (χ0n) is 10.9. The van der Waals surface area contributed by atoms with Crippen LogP contribution in [0.3, 0.4) is 0 Å². The highest BCUT2D eigenvalue weighted by Crippen LogP contribution is 2.06. The van der Waals surface area contributed by atoms with E-state index in [2.05, 4.69) is 10.3 Å². The van der Waals surface area contributed by atoms with Crippen LogP contribution >= 0.6 is 0 Å². The Morgan fingerprint density at radius 3 is 2.72 bits per heavy atom. The number of carbonyl (C=O) groups is 1. The molecule has 1 rings (SSSR count). The molecule has 0 spiro atoms. The Balaban J connectivity index is 2.61. The molecule has 0 aromatic rings. The van der Waals surface area contributed by atoms with E-state index in [1.807, 2.05) is 18.6 Å². The van der Waals surface area contributed by atoms with Crippen LogP contribution in [0.25, 0.3) is 0 Å². The summed E-state index contributed by atoms with van der Waals surface area (Å²) in [6.07, 6.45) is 2.05. The first-order chi connectivity index (χ1) is 8.34. The van der Waals surface area contributed by atoms with Crippen LogP contribution in [-0.2, 0) is 14.8 Å². The summed E-state index contributed by atoms with van der Waals surface area (Å²) in [6, 6.07) is 0.214. The molecule has 0 aromatic carbocycles. The van der Waals surface area contributed by atoms with Crippen molar-refractivity contribution in [2.45, 2.75) is 33.2 Å². The Morgan fingerprint density at radius 1 is 1.50 bits per heavy atom. The quantitative estimate of drug-likeness (QED) is 0.748. The number of amidine groups is 1. The van der Waals surface area contributed by atoms with Crippen molar-refractivity contribution in [3.63, 3.8) is 0 Å². The van der Waals surface area contributed by atoms with Gasteiger partial charge in [-0.2, -0.15) is 0 Å². The summed E-state index contributed by atoms with van der Waals surface area (Å²) in [5.41, 5.74) is 0.359. The van der Waals surface area contributed by atoms with E-state index in [0.717, 1.165) is 0 Å². The summed E-state index contributed by atoms with van der Waals surface area (Å²) in [5.74, 6) is -0.0277. The summed E-state index contributed by atoms with van der Waals surface area (Å²) in [7, 11) is -3.52. The Kier molecular flexibility index (Phi) is 4.89. The van der Waals surface area contributed by atoms with Crippen molar-refractivity contribution in [2.75, 3.05) is 12.3 Å². The Bertz CT molecular complexity index is 478. The number of carbonyl (C=O) groups excluding carboxylic acids is 1. The van der Waals surface area contributed by atoms with Crippen LogP contribution in [0, 0.1) is 0 Å². The molecular formula is C11H19N3O3S. The van der Waals surface area contributed by atoms with Crippen LogP contribution in [0.2, 0.25) is 0 Å². The first-order valence-electron chi connectivity index (χ1n) is 5.90. The number of sulfonamides is 1. The van der Waals surface area contributed by atoms with Gasteiger partial charge in [0.2, 0.25) is 10.0 Å². The van der Waals surface area contributed by atoms with Gasteiger partial charge in [0.1, 0.15) is 5.84 Å². The smallest absolute Gasteiger partial charge is 0.262 e. The van der Waals surface area contributed by atoms with Crippen LogP contribution in [0.15, 0.2) is 16.6 Å². The molecule has 7 heteroatoms. The number of nitrogens with zero attached hydrogens (tertiary/aromatic N) is 1. The van der Waals surface area contributed by atoms with E-state index >= 15 is 0 Å². The fraction of sp³-hybridized carbons (Fsp3) is 0.636. The standard InChI is InChI=1S/C11H19N3O3S/c1-4-5-18(16,17)14-11(15)9-6-10(12-7-9)13-8(2)3/h6,8H,4-5,7H2,1-3H3,(H,12,13)(H,14,15). The number of hydrogen-bond acceptors (Lipinski definition) is 5. The highest BCUT2D eigenvalue weighted by molar-refractivity contribution is 7.90. The molecule has 1 aliphatic heterocycles. The maximum Gasteiger partial charge on any atom is 0.262 e. The van der Waals surface area contributed by atoms with Crippen molar-refractivity contribution in [2.24, 2.45) is 4.99 Å². The molecule has 6 nitrogen and oxygen atoms in total. The highest BCUT2D eigenvalue weighted by atomic mass is 32.2. The highest BCUT2D eigenvalue weighted by Gasteiger charge is 2.20. The molecule has 1 amide bonds. The minimum atomic E-state index is -3.52. The molecule has 0 saturated heterocycles. The average Bonchev–Trinajstić information content (AvgIpc) is 2.64. The van der Waals surface area contributed by atoms with Gasteiger partial charge in [0.25, 0.3) is 5.91 Å². The SMILES string of the molecule is CCCS(=O)(=O)NC(=O)C1=CC(NC(C)C)=NC1. The van der Waals surface area contributed by atoms with Crippen molar-refractivity contribution >= 4 is 21.8 Å². The number of amides is 1. The van der Waals surface area contributed by atoms with Crippen molar-refractivity contribution in [3.8, 4) is 0 Å². The summed E-state index contributed by atoms with van der Waals surface area (Å²) in [6.45, 7) is 5.87. The third-order valence-electron chi connectivity index (χ3n) is 2.18. The van der Waals surface area contributed by atoms with Gasteiger partial charge in [-0.05, 0) is 26.3 Å². The zero-order valence-corrected chi connectivity index (χ0v) is 11.7. The number of aliphatic imine (C=N–C) groups is 1. The first kappa shape index (κ1) is 14.7. The second kappa shape index (κ2) is 5.99. The molecule has 18 heavy (non-hydrogen) atoms. The van der Waals surface area contributed by atoms with Crippen molar-refractivity contribution < 1.29 is 13.2 Å². The second-order valence-corrected chi connectivity index (χ2v) is 6.26. The van der Waals surface area contributed by atoms with E-state index in [1.165, 1.54) is 0 Å². The van der Waals surface area contributed by atoms with Crippen molar-refractivity contribution in [1.29, 1.82) is 0 Å². The van der Waals surface area contributed by atoms with Crippen molar-refractivity contribution in [3.05, 3.63) is 11.6 Å². The van der Waals surface area contributed by atoms with Gasteiger partial charge < -0.3 is 5.32 Å². The maximum absolute atomic E-state index is 11.7. The Morgan fingerprint density at radius 2 is 2.17 bits per heavy atom. The van der Waals surface area contributed by atoms with Gasteiger partial charge in [0.15, 0.2) is 0 Å². The summed E-state index contributed by atoms with van der Waals surface area (Å²) in [5, 5.41) is 3.06. The van der Waals surface area contributed by atoms with E-state index in [9.17, 15) is 13.2 Å². The maximum atomic E-state index is 11.7. The number of rotatable bonds is 5. The summed E-state index contributed by atoms with van der Waals surface area (Å²) in [4.78, 5) is 15.8. The summed E-state index contributed by atoms with van der Waals surface area (Å²) < 4.78 is 24.9. The van der Waals surface area contributed by atoms with Crippen LogP contribution in [0.1, 0.15) is 27.2 Å². The molecule has 0 atom stereocenters. The van der Waals surface area contributed by atoms with E-state index in [1.54, 1.807) is 13.0 Å². The van der Waals surface area contributed by atoms with Gasteiger partial charge >= 0.3 is 0 Å². The topological polar surface area (TPSA) is 87.6 Å². The lowest BCUT2D eigenvalue weighted by Gasteiger charge is -2.06. The Labute approximate surface area is 108 Å². The molecule has 1 aliphatic rings. The van der Waals surface area contributed by atoms with E-state index in [4.69, 9.17) is 0 Å². The third-order valence-corrected chi connectivity index (χ3v) is 3.62. The fourth-order valence-electron chi connectivity index (χ4n) is 1.47. The third kappa shape index (κ3) is 4.48. The monoisotopic (exact) mass is 273 g/mol. The molecule has 102 valence electrons. The Hall–Kier alpha value is -1.37. The van der Waals surface area contributed by atoms with Gasteiger partial charge in [0, 0.05) is 11.6 Å². The fourth-order valence-corrected chi connectivity index (χ4v) is 2.53. The molecule has 0 aliphatic carbocycles. The minimum Gasteiger partial charge on any atom is -0.368 e. The largest absolute Gasteiger partial charge is 0.368 e. The number of hydrogen-bond donors (Lipinski definition) is 2. The molecule has 0 radical (unpaired) electrons. The van der Waals surface area contributed by atoms with Crippen LogP contribution in [-0.4, -0.2) is 38.5 Å². The van der Waals surface area contributed by atoms with Gasteiger partial charge in [0.05, 0.1) is 12.3 Å². The van der Waals surface area contributed by atoms with Gasteiger partial charge in [-0.25, -0.2) is 13.1 Å². The number of nitrogens with one attached hydrogen (secondary N) is 2. The predicted octanol–water partition coefficient (Wildman–Crippen LogP) is 0.179. The van der Waals surface area contributed by atoms with E-state index in [-0.39, 0.29) is 18.3 Å². The molecule has 0 fully saturated rings. The molecule has 0 unspecified atom stereocenters. The molecule has 0 saturated carbocycles. The normalized spacial score (nSPS) is 15.3. The van der Waals surface area contributed by atoms with Gasteiger partial charge in [-0.15, -0.1) is 0 Å². The van der Waals surface area contributed by atoms with Crippen LogP contribution in [0.4, 0.5) is 0 Å². The van der Waals surface area contributed by atoms with Crippen LogP contribution in [0.5, 0.6) is 0 Å². The first-order valence-corrected chi connectivity index (χ1v) is 7.55. The van der Waals surface area contributed by atoms with E-state index < -0.39 is 15.9 Å². The lowest BCUT2D eigenvalue weighted by molar-refractivity contribution is -0.115. The minimum absolute atomic E-state index is 0.0516. The molecule has 2 N–H and O–H groups in total. The zero-order chi connectivity index (χ0) is 13.8. The second-order valence-electron chi connectivity index (χ2n) is 4.42. The molecule has 0 aromatic heterocycles. The lowest BCUT2D eigenvalue weighted by Crippen LogP contribution is -2.34. The van der Waals surface area contributed by atoms with Crippen LogP contribution < -0.4 is 10.0 Å².